The fourth-order valence-corrected chi connectivity index (χ4v) is 9.24. The lowest BCUT2D eigenvalue weighted by atomic mass is 9.97. The first kappa shape index (κ1) is 34.3. The van der Waals surface area contributed by atoms with Crippen molar-refractivity contribution in [3.63, 3.8) is 0 Å². The molecule has 0 atom stereocenters. The molecule has 9 aromatic carbocycles. The van der Waals surface area contributed by atoms with Crippen molar-refractivity contribution in [1.29, 1.82) is 0 Å². The zero-order valence-corrected chi connectivity index (χ0v) is 33.1. The molecule has 0 fully saturated rings. The Kier molecular flexibility index (Phi) is 7.47. The van der Waals surface area contributed by atoms with Crippen LogP contribution < -0.4 is 9.47 Å². The van der Waals surface area contributed by atoms with Crippen molar-refractivity contribution >= 4 is 54.4 Å². The summed E-state index contributed by atoms with van der Waals surface area (Å²) in [6, 6.07) is 69.0. The summed E-state index contributed by atoms with van der Waals surface area (Å²) in [4.78, 5) is 15.6. The summed E-state index contributed by atoms with van der Waals surface area (Å²) in [5, 5.41) is 6.61. The van der Waals surface area contributed by atoms with E-state index in [2.05, 4.69) is 124 Å². The highest BCUT2D eigenvalue weighted by Gasteiger charge is 2.31. The molecule has 12 aromatic rings. The topological polar surface area (TPSA) is 67.0 Å². The number of benzene rings is 9. The van der Waals surface area contributed by atoms with Gasteiger partial charge in [-0.2, -0.15) is 9.97 Å². The minimum Gasteiger partial charge on any atom is -0.449 e. The van der Waals surface area contributed by atoms with Crippen molar-refractivity contribution < 1.29 is 9.47 Å². The average molecular weight is 796 g/mol. The van der Waals surface area contributed by atoms with Crippen LogP contribution in [0.1, 0.15) is 0 Å². The number of nitrogens with zero attached hydrogens (tertiary/aromatic N) is 5. The van der Waals surface area contributed by atoms with Gasteiger partial charge in [-0.1, -0.05) is 146 Å². The van der Waals surface area contributed by atoms with E-state index in [1.54, 1.807) is 0 Å². The van der Waals surface area contributed by atoms with Gasteiger partial charge in [0, 0.05) is 43.9 Å². The molecule has 0 bridgehead atoms. The molecule has 0 unspecified atom stereocenters. The number of hydrogen-bond donors (Lipinski definition) is 0. The predicted octanol–water partition coefficient (Wildman–Crippen LogP) is 14.1. The summed E-state index contributed by atoms with van der Waals surface area (Å²) in [6.07, 6.45) is 0. The van der Waals surface area contributed by atoms with Crippen molar-refractivity contribution in [1.82, 2.24) is 24.1 Å². The molecular weight excluding hydrogens is 763 g/mol. The summed E-state index contributed by atoms with van der Waals surface area (Å²) in [6.45, 7) is 0. The van der Waals surface area contributed by atoms with E-state index in [0.29, 0.717) is 40.6 Å². The Morgan fingerprint density at radius 1 is 0.371 bits per heavy atom. The zero-order chi connectivity index (χ0) is 40.7. The van der Waals surface area contributed by atoms with Crippen LogP contribution >= 0.6 is 0 Å². The molecule has 290 valence electrons. The minimum absolute atomic E-state index is 0.473. The summed E-state index contributed by atoms with van der Waals surface area (Å²) in [7, 11) is 0. The Morgan fingerprint density at radius 3 is 1.68 bits per heavy atom. The molecule has 0 spiro atoms. The fraction of sp³-hybridized carbons (Fsp3) is 0. The average Bonchev–Trinajstić information content (AvgIpc) is 3.87. The van der Waals surface area contributed by atoms with Crippen LogP contribution in [0.3, 0.4) is 0 Å². The number of aromatic nitrogens is 5. The summed E-state index contributed by atoms with van der Waals surface area (Å²) in [5.41, 5.74) is 8.83. The highest BCUT2D eigenvalue weighted by Crippen LogP contribution is 2.56. The molecule has 7 heteroatoms. The molecule has 0 amide bonds. The number of rotatable bonds is 5. The Bertz CT molecular complexity index is 3690. The van der Waals surface area contributed by atoms with Crippen LogP contribution in [0, 0.1) is 0 Å². The standard InChI is InChI=1S/C55H33N5O2/c1-4-17-35(18-5-1)53-56-54(36-19-6-2-7-20-36)58-55(57-53)60-46-31-28-34-16-10-11-23-39(34)49(46)43-33-41(51-52(50(43)60)62-48-27-15-14-26-47(48)61-51)37-29-30-45-42(32-37)40-24-12-13-25-44(40)59(45)38-21-8-3-9-22-38/h1-33H. The lowest BCUT2D eigenvalue weighted by Crippen LogP contribution is -2.08. The van der Waals surface area contributed by atoms with Gasteiger partial charge in [0.25, 0.3) is 0 Å². The predicted molar refractivity (Wildman–Crippen MR) is 249 cm³/mol. The first-order valence-corrected chi connectivity index (χ1v) is 20.7. The highest BCUT2D eigenvalue weighted by atomic mass is 16.6. The molecular formula is C55H33N5O2. The highest BCUT2D eigenvalue weighted by molar-refractivity contribution is 6.24. The van der Waals surface area contributed by atoms with E-state index in [1.807, 2.05) is 84.9 Å². The molecule has 7 nitrogen and oxygen atoms in total. The monoisotopic (exact) mass is 795 g/mol. The van der Waals surface area contributed by atoms with Crippen molar-refractivity contribution in [2.75, 3.05) is 0 Å². The Hall–Kier alpha value is -8.55. The Morgan fingerprint density at radius 2 is 0.952 bits per heavy atom. The maximum absolute atomic E-state index is 7.08. The molecule has 1 aliphatic rings. The van der Waals surface area contributed by atoms with Gasteiger partial charge < -0.3 is 14.0 Å². The van der Waals surface area contributed by atoms with Gasteiger partial charge in [0.2, 0.25) is 5.95 Å². The summed E-state index contributed by atoms with van der Waals surface area (Å²) >= 11 is 0. The molecule has 0 radical (unpaired) electrons. The molecule has 0 saturated carbocycles. The molecule has 0 saturated heterocycles. The van der Waals surface area contributed by atoms with Crippen LogP contribution in [0.5, 0.6) is 23.0 Å². The normalized spacial score (nSPS) is 12.1. The second-order valence-electron chi connectivity index (χ2n) is 15.6. The second kappa shape index (κ2) is 13.5. The third kappa shape index (κ3) is 5.22. The maximum Gasteiger partial charge on any atom is 0.238 e. The summed E-state index contributed by atoms with van der Waals surface area (Å²) in [5.74, 6) is 4.10. The molecule has 0 aliphatic carbocycles. The smallest absolute Gasteiger partial charge is 0.238 e. The van der Waals surface area contributed by atoms with Crippen LogP contribution in [0.25, 0.3) is 99.9 Å². The van der Waals surface area contributed by atoms with Gasteiger partial charge in [-0.3, -0.25) is 4.57 Å². The minimum atomic E-state index is 0.473. The van der Waals surface area contributed by atoms with E-state index >= 15 is 0 Å². The van der Waals surface area contributed by atoms with E-state index < -0.39 is 0 Å². The number of ether oxygens (including phenoxy) is 2. The number of para-hydroxylation sites is 4. The first-order chi connectivity index (χ1) is 30.7. The van der Waals surface area contributed by atoms with E-state index in [1.165, 1.54) is 5.39 Å². The Labute approximate surface area is 355 Å². The molecule has 62 heavy (non-hydrogen) atoms. The van der Waals surface area contributed by atoms with Gasteiger partial charge in [0.15, 0.2) is 34.6 Å². The largest absolute Gasteiger partial charge is 0.449 e. The quantitative estimate of drug-likeness (QED) is 0.174. The zero-order valence-electron chi connectivity index (χ0n) is 33.1. The second-order valence-corrected chi connectivity index (χ2v) is 15.6. The molecule has 4 heterocycles. The maximum atomic E-state index is 7.08. The summed E-state index contributed by atoms with van der Waals surface area (Å²) < 4.78 is 18.6. The Balaban J connectivity index is 1.15. The molecule has 13 rings (SSSR count). The lowest BCUT2D eigenvalue weighted by Gasteiger charge is -2.24. The van der Waals surface area contributed by atoms with Crippen molar-refractivity contribution in [2.45, 2.75) is 0 Å². The van der Waals surface area contributed by atoms with Crippen LogP contribution in [-0.2, 0) is 0 Å². The third-order valence-corrected chi connectivity index (χ3v) is 12.0. The molecule has 1 aliphatic heterocycles. The molecule has 3 aromatic heterocycles. The number of hydrogen-bond acceptors (Lipinski definition) is 5. The van der Waals surface area contributed by atoms with Gasteiger partial charge in [-0.25, -0.2) is 4.98 Å². The SMILES string of the molecule is c1ccc(-c2nc(-c3ccccc3)nc(-n3c4ccc5ccccc5c4c4cc(-c5ccc6c(c5)c5ccccc5n6-c5ccccc5)c5c(c43)Oc3ccccc3O5)n2)cc1. The third-order valence-electron chi connectivity index (χ3n) is 12.0. The first-order valence-electron chi connectivity index (χ1n) is 20.7. The van der Waals surface area contributed by atoms with Crippen LogP contribution in [0.2, 0.25) is 0 Å². The fourth-order valence-electron chi connectivity index (χ4n) is 9.24. The van der Waals surface area contributed by atoms with Gasteiger partial charge >= 0.3 is 0 Å². The van der Waals surface area contributed by atoms with Gasteiger partial charge in [0.05, 0.1) is 16.6 Å². The van der Waals surface area contributed by atoms with Gasteiger partial charge in [0.1, 0.15) is 5.52 Å². The van der Waals surface area contributed by atoms with E-state index in [-0.39, 0.29) is 0 Å². The molecule has 0 N–H and O–H groups in total. The van der Waals surface area contributed by atoms with E-state index in [4.69, 9.17) is 24.4 Å². The van der Waals surface area contributed by atoms with Crippen LogP contribution in [0.4, 0.5) is 0 Å². The number of fused-ring (bicyclic) bond motifs is 11. The van der Waals surface area contributed by atoms with Crippen LogP contribution in [0.15, 0.2) is 200 Å². The van der Waals surface area contributed by atoms with Crippen LogP contribution in [-0.4, -0.2) is 24.1 Å². The van der Waals surface area contributed by atoms with Crippen molar-refractivity contribution in [2.24, 2.45) is 0 Å². The van der Waals surface area contributed by atoms with Crippen molar-refractivity contribution in [3.05, 3.63) is 200 Å². The van der Waals surface area contributed by atoms with Gasteiger partial charge in [-0.05, 0) is 70.9 Å². The van der Waals surface area contributed by atoms with Gasteiger partial charge in [-0.15, -0.1) is 0 Å². The lowest BCUT2D eigenvalue weighted by molar-refractivity contribution is 0.363. The van der Waals surface area contributed by atoms with Crippen molar-refractivity contribution in [3.8, 4) is 68.5 Å². The van der Waals surface area contributed by atoms with E-state index in [0.717, 1.165) is 76.9 Å². The van der Waals surface area contributed by atoms with E-state index in [9.17, 15) is 0 Å².